The Morgan fingerprint density at radius 2 is 1.77 bits per heavy atom. The molecule has 0 aliphatic carbocycles. The Balaban J connectivity index is 1.62. The van der Waals surface area contributed by atoms with Crippen LogP contribution >= 0.6 is 23.4 Å². The molecule has 1 atom stereocenters. The number of rotatable bonds is 4. The Morgan fingerprint density at radius 3 is 2.50 bits per heavy atom. The molecule has 0 spiro atoms. The first-order chi connectivity index (χ1) is 14.4. The summed E-state index contributed by atoms with van der Waals surface area (Å²) in [6.45, 7) is 4.06. The van der Waals surface area contributed by atoms with Gasteiger partial charge in [0.1, 0.15) is 5.37 Å². The van der Waals surface area contributed by atoms with Crippen LogP contribution < -0.4 is 10.2 Å². The maximum atomic E-state index is 12.7. The highest BCUT2D eigenvalue weighted by molar-refractivity contribution is 8.00. The number of hydrogen-bond donors (Lipinski definition) is 1. The lowest BCUT2D eigenvalue weighted by molar-refractivity contribution is -0.115. The Hall–Kier alpha value is -2.76. The normalized spacial score (nSPS) is 16.0. The first-order valence-electron chi connectivity index (χ1n) is 9.60. The maximum Gasteiger partial charge on any atom is 0.257 e. The molecule has 30 heavy (non-hydrogen) atoms. The lowest BCUT2D eigenvalue weighted by Gasteiger charge is -2.25. The first-order valence-corrected chi connectivity index (χ1v) is 11.0. The van der Waals surface area contributed by atoms with Crippen LogP contribution in [0.1, 0.15) is 32.4 Å². The summed E-state index contributed by atoms with van der Waals surface area (Å²) in [5.74, 6) is 0.244. The third-order valence-electron chi connectivity index (χ3n) is 4.90. The zero-order valence-electron chi connectivity index (χ0n) is 16.7. The number of benzene rings is 3. The topological polar surface area (TPSA) is 49.4 Å². The van der Waals surface area contributed by atoms with Gasteiger partial charge in [-0.05, 0) is 66.9 Å². The molecular weight excluding hydrogens is 416 g/mol. The summed E-state index contributed by atoms with van der Waals surface area (Å²) in [6, 6.07) is 20.7. The Kier molecular flexibility index (Phi) is 5.84. The number of anilines is 2. The zero-order valence-corrected chi connectivity index (χ0v) is 18.3. The fourth-order valence-electron chi connectivity index (χ4n) is 3.65. The van der Waals surface area contributed by atoms with Crippen LogP contribution in [0.3, 0.4) is 0 Å². The summed E-state index contributed by atoms with van der Waals surface area (Å²) in [4.78, 5) is 27.1. The van der Waals surface area contributed by atoms with E-state index >= 15 is 0 Å². The van der Waals surface area contributed by atoms with Crippen molar-refractivity contribution in [3.8, 4) is 0 Å². The highest BCUT2D eigenvalue weighted by Gasteiger charge is 2.34. The van der Waals surface area contributed by atoms with Crippen molar-refractivity contribution in [2.45, 2.75) is 19.2 Å². The van der Waals surface area contributed by atoms with E-state index in [1.807, 2.05) is 55.1 Å². The van der Waals surface area contributed by atoms with Crippen LogP contribution in [-0.4, -0.2) is 17.6 Å². The first kappa shape index (κ1) is 20.5. The largest absolute Gasteiger partial charge is 0.322 e. The van der Waals surface area contributed by atoms with Gasteiger partial charge < -0.3 is 5.32 Å². The molecule has 1 fully saturated rings. The van der Waals surface area contributed by atoms with Gasteiger partial charge in [0.05, 0.1) is 16.3 Å². The van der Waals surface area contributed by atoms with E-state index in [2.05, 4.69) is 11.4 Å². The van der Waals surface area contributed by atoms with Gasteiger partial charge >= 0.3 is 0 Å². The molecule has 4 nitrogen and oxygen atoms in total. The molecule has 1 aliphatic heterocycles. The van der Waals surface area contributed by atoms with Crippen LogP contribution in [0.2, 0.25) is 5.02 Å². The third-order valence-corrected chi connectivity index (χ3v) is 6.44. The SMILES string of the molecule is Cc1cc(C)cc(N2C(=O)CSC2c2cccc(NC(=O)c3ccccc3Cl)c2)c1. The van der Waals surface area contributed by atoms with Gasteiger partial charge in [-0.3, -0.25) is 14.5 Å². The molecule has 1 N–H and O–H groups in total. The summed E-state index contributed by atoms with van der Waals surface area (Å²) in [5.41, 5.74) is 5.19. The number of carbonyl (C=O) groups excluding carboxylic acids is 2. The molecule has 1 unspecified atom stereocenters. The molecule has 4 rings (SSSR count). The summed E-state index contributed by atoms with van der Waals surface area (Å²) in [7, 11) is 0. The summed E-state index contributed by atoms with van der Waals surface area (Å²) in [6.07, 6.45) is 0. The number of halogens is 1. The van der Waals surface area contributed by atoms with Crippen LogP contribution in [0.5, 0.6) is 0 Å². The van der Waals surface area contributed by atoms with E-state index in [-0.39, 0.29) is 17.2 Å². The Morgan fingerprint density at radius 1 is 1.03 bits per heavy atom. The van der Waals surface area contributed by atoms with E-state index in [0.29, 0.717) is 22.0 Å². The van der Waals surface area contributed by atoms with Crippen molar-refractivity contribution in [2.75, 3.05) is 16.0 Å². The molecule has 0 saturated carbocycles. The van der Waals surface area contributed by atoms with Gasteiger partial charge in [-0.15, -0.1) is 11.8 Å². The predicted octanol–water partition coefficient (Wildman–Crippen LogP) is 5.99. The van der Waals surface area contributed by atoms with Crippen molar-refractivity contribution in [2.24, 2.45) is 0 Å². The molecule has 1 saturated heterocycles. The molecular formula is C24H21ClN2O2S. The van der Waals surface area contributed by atoms with Crippen LogP contribution in [0.25, 0.3) is 0 Å². The average molecular weight is 437 g/mol. The van der Waals surface area contributed by atoms with Crippen LogP contribution in [0.4, 0.5) is 11.4 Å². The predicted molar refractivity (Wildman–Crippen MR) is 124 cm³/mol. The van der Waals surface area contributed by atoms with E-state index in [9.17, 15) is 9.59 Å². The van der Waals surface area contributed by atoms with Crippen LogP contribution in [0.15, 0.2) is 66.7 Å². The fraction of sp³-hybridized carbons (Fsp3) is 0.167. The number of carbonyl (C=O) groups is 2. The second kappa shape index (κ2) is 8.54. The minimum absolute atomic E-state index is 0.0838. The lowest BCUT2D eigenvalue weighted by Crippen LogP contribution is -2.28. The average Bonchev–Trinajstić information content (AvgIpc) is 3.09. The van der Waals surface area contributed by atoms with Crippen LogP contribution in [-0.2, 0) is 4.79 Å². The number of amides is 2. The molecule has 3 aromatic rings. The fourth-order valence-corrected chi connectivity index (χ4v) is 5.04. The minimum Gasteiger partial charge on any atom is -0.322 e. The smallest absolute Gasteiger partial charge is 0.257 e. The van der Waals surface area contributed by atoms with Crippen molar-refractivity contribution in [3.05, 3.63) is 94.0 Å². The number of nitrogens with zero attached hydrogens (tertiary/aromatic N) is 1. The molecule has 3 aromatic carbocycles. The van der Waals surface area contributed by atoms with E-state index in [1.54, 1.807) is 36.0 Å². The molecule has 0 aromatic heterocycles. The van der Waals surface area contributed by atoms with Gasteiger partial charge in [-0.2, -0.15) is 0 Å². The van der Waals surface area contributed by atoms with Crippen molar-refractivity contribution in [3.63, 3.8) is 0 Å². The third kappa shape index (κ3) is 4.23. The highest BCUT2D eigenvalue weighted by atomic mass is 35.5. The molecule has 0 bridgehead atoms. The lowest BCUT2D eigenvalue weighted by atomic mass is 10.1. The molecule has 0 radical (unpaired) electrons. The van der Waals surface area contributed by atoms with Crippen molar-refractivity contribution in [1.29, 1.82) is 0 Å². The summed E-state index contributed by atoms with van der Waals surface area (Å²) < 4.78 is 0. The van der Waals surface area contributed by atoms with Crippen molar-refractivity contribution >= 4 is 46.6 Å². The van der Waals surface area contributed by atoms with Gasteiger partial charge in [0.2, 0.25) is 5.91 Å². The number of thioether (sulfide) groups is 1. The standard InChI is InChI=1S/C24H21ClN2O2S/c1-15-10-16(2)12-19(11-15)27-22(28)14-30-24(27)17-6-5-7-18(13-17)26-23(29)20-8-3-4-9-21(20)25/h3-13,24H,14H2,1-2H3,(H,26,29). The Labute approximate surface area is 185 Å². The number of aryl methyl sites for hydroxylation is 2. The molecule has 6 heteroatoms. The van der Waals surface area contributed by atoms with Gasteiger partial charge in [-0.25, -0.2) is 0 Å². The number of nitrogens with one attached hydrogen (secondary N) is 1. The second-order valence-corrected chi connectivity index (χ2v) is 8.81. The highest BCUT2D eigenvalue weighted by Crippen LogP contribution is 2.42. The number of hydrogen-bond acceptors (Lipinski definition) is 3. The van der Waals surface area contributed by atoms with Crippen molar-refractivity contribution < 1.29 is 9.59 Å². The van der Waals surface area contributed by atoms with E-state index in [0.717, 1.165) is 22.4 Å². The zero-order chi connectivity index (χ0) is 21.3. The maximum absolute atomic E-state index is 12.7. The van der Waals surface area contributed by atoms with Gasteiger partial charge in [0.15, 0.2) is 0 Å². The molecule has 1 heterocycles. The van der Waals surface area contributed by atoms with Gasteiger partial charge in [0.25, 0.3) is 5.91 Å². The van der Waals surface area contributed by atoms with E-state index in [1.165, 1.54) is 0 Å². The Bertz CT molecular complexity index is 1110. The monoisotopic (exact) mass is 436 g/mol. The molecule has 2 amide bonds. The van der Waals surface area contributed by atoms with E-state index < -0.39 is 0 Å². The molecule has 152 valence electrons. The van der Waals surface area contributed by atoms with Crippen molar-refractivity contribution in [1.82, 2.24) is 0 Å². The van der Waals surface area contributed by atoms with Crippen LogP contribution in [0, 0.1) is 13.8 Å². The summed E-state index contributed by atoms with van der Waals surface area (Å²) >= 11 is 7.73. The summed E-state index contributed by atoms with van der Waals surface area (Å²) in [5, 5.41) is 3.17. The van der Waals surface area contributed by atoms with Gasteiger partial charge in [-0.1, -0.05) is 41.9 Å². The van der Waals surface area contributed by atoms with E-state index in [4.69, 9.17) is 11.6 Å². The second-order valence-electron chi connectivity index (χ2n) is 7.33. The van der Waals surface area contributed by atoms with Gasteiger partial charge in [0, 0.05) is 11.4 Å². The molecule has 1 aliphatic rings. The minimum atomic E-state index is -0.265. The quantitative estimate of drug-likeness (QED) is 0.546.